The van der Waals surface area contributed by atoms with Gasteiger partial charge in [-0.25, -0.2) is 9.37 Å². The molecule has 0 bridgehead atoms. The number of nitrogens with zero attached hydrogens (tertiary/aromatic N) is 4. The lowest BCUT2D eigenvalue weighted by atomic mass is 10.2. The van der Waals surface area contributed by atoms with Crippen molar-refractivity contribution in [2.75, 3.05) is 0 Å². The Bertz CT molecular complexity index is 1190. The first-order valence-electron chi connectivity index (χ1n) is 9.37. The van der Waals surface area contributed by atoms with Gasteiger partial charge in [-0.05, 0) is 42.8 Å². The Balaban J connectivity index is 1.70. The van der Waals surface area contributed by atoms with Crippen LogP contribution >= 0.6 is 11.8 Å². The SMILES string of the molecule is CCCCc1noc(CSc2nc3ccccc3c(=O)n2-c2ccc(F)cc2)n1. The van der Waals surface area contributed by atoms with Crippen LogP contribution in [-0.2, 0) is 12.2 Å². The molecule has 0 atom stereocenters. The number of benzene rings is 2. The molecule has 2 aromatic heterocycles. The summed E-state index contributed by atoms with van der Waals surface area (Å²) in [6, 6.07) is 12.9. The Labute approximate surface area is 170 Å². The summed E-state index contributed by atoms with van der Waals surface area (Å²) in [5.74, 6) is 1.18. The minimum Gasteiger partial charge on any atom is -0.338 e. The summed E-state index contributed by atoms with van der Waals surface area (Å²) in [6.07, 6.45) is 2.84. The van der Waals surface area contributed by atoms with E-state index in [2.05, 4.69) is 22.0 Å². The smallest absolute Gasteiger partial charge is 0.266 e. The Kier molecular flexibility index (Phi) is 5.71. The maximum Gasteiger partial charge on any atom is 0.266 e. The molecule has 29 heavy (non-hydrogen) atoms. The van der Waals surface area contributed by atoms with Crippen LogP contribution < -0.4 is 5.56 Å². The average Bonchev–Trinajstić information content (AvgIpc) is 3.20. The molecule has 0 radical (unpaired) electrons. The molecule has 2 aromatic carbocycles. The topological polar surface area (TPSA) is 73.8 Å². The Morgan fingerprint density at radius 1 is 1.10 bits per heavy atom. The number of halogens is 1. The highest BCUT2D eigenvalue weighted by Gasteiger charge is 2.15. The van der Waals surface area contributed by atoms with Gasteiger partial charge in [0.25, 0.3) is 5.56 Å². The van der Waals surface area contributed by atoms with Gasteiger partial charge in [-0.15, -0.1) is 0 Å². The van der Waals surface area contributed by atoms with E-state index in [0.29, 0.717) is 39.2 Å². The fourth-order valence-electron chi connectivity index (χ4n) is 2.94. The van der Waals surface area contributed by atoms with Crippen LogP contribution in [0.1, 0.15) is 31.5 Å². The summed E-state index contributed by atoms with van der Waals surface area (Å²) in [5, 5.41) is 4.97. The lowest BCUT2D eigenvalue weighted by Crippen LogP contribution is -2.21. The Morgan fingerprint density at radius 3 is 2.69 bits per heavy atom. The van der Waals surface area contributed by atoms with Crippen molar-refractivity contribution in [3.8, 4) is 5.69 Å². The van der Waals surface area contributed by atoms with E-state index in [9.17, 15) is 9.18 Å². The van der Waals surface area contributed by atoms with Crippen molar-refractivity contribution in [1.29, 1.82) is 0 Å². The van der Waals surface area contributed by atoms with Crippen LogP contribution in [0.15, 0.2) is 63.0 Å². The first kappa shape index (κ1) is 19.3. The second-order valence-electron chi connectivity index (χ2n) is 6.53. The van der Waals surface area contributed by atoms with Crippen LogP contribution in [-0.4, -0.2) is 19.7 Å². The zero-order valence-corrected chi connectivity index (χ0v) is 16.7. The average molecular weight is 410 g/mol. The van der Waals surface area contributed by atoms with Crippen molar-refractivity contribution in [3.63, 3.8) is 0 Å². The van der Waals surface area contributed by atoms with Gasteiger partial charge >= 0.3 is 0 Å². The lowest BCUT2D eigenvalue weighted by Gasteiger charge is -2.12. The predicted octanol–water partition coefficient (Wildman–Crippen LogP) is 4.54. The number of unbranched alkanes of at least 4 members (excludes halogenated alkanes) is 1. The van der Waals surface area contributed by atoms with Crippen molar-refractivity contribution in [2.45, 2.75) is 37.1 Å². The molecule has 0 saturated carbocycles. The maximum atomic E-state index is 13.4. The van der Waals surface area contributed by atoms with Gasteiger partial charge in [-0.2, -0.15) is 4.98 Å². The van der Waals surface area contributed by atoms with Crippen molar-refractivity contribution in [3.05, 3.63) is 76.4 Å². The molecule has 0 N–H and O–H groups in total. The third-order valence-corrected chi connectivity index (χ3v) is 5.34. The second-order valence-corrected chi connectivity index (χ2v) is 7.47. The van der Waals surface area contributed by atoms with Crippen LogP contribution in [0.4, 0.5) is 4.39 Å². The Hall–Kier alpha value is -3.00. The second kappa shape index (κ2) is 8.57. The van der Waals surface area contributed by atoms with E-state index in [-0.39, 0.29) is 11.4 Å². The number of thioether (sulfide) groups is 1. The first-order valence-corrected chi connectivity index (χ1v) is 10.4. The van der Waals surface area contributed by atoms with E-state index in [1.54, 1.807) is 30.3 Å². The van der Waals surface area contributed by atoms with Gasteiger partial charge in [0.1, 0.15) is 5.82 Å². The molecule has 0 spiro atoms. The van der Waals surface area contributed by atoms with E-state index in [1.165, 1.54) is 28.5 Å². The van der Waals surface area contributed by atoms with Gasteiger partial charge in [0.2, 0.25) is 5.89 Å². The summed E-state index contributed by atoms with van der Waals surface area (Å²) >= 11 is 1.33. The standard InChI is InChI=1S/C21H19FN4O2S/c1-2-3-8-18-24-19(28-25-18)13-29-21-23-17-7-5-4-6-16(17)20(27)26(21)15-11-9-14(22)10-12-15/h4-7,9-12H,2-3,8,13H2,1H3. The van der Waals surface area contributed by atoms with Gasteiger partial charge in [0.05, 0.1) is 22.3 Å². The number of aromatic nitrogens is 4. The predicted molar refractivity (Wildman–Crippen MR) is 110 cm³/mol. The van der Waals surface area contributed by atoms with E-state index >= 15 is 0 Å². The summed E-state index contributed by atoms with van der Waals surface area (Å²) in [4.78, 5) is 22.2. The largest absolute Gasteiger partial charge is 0.338 e. The molecule has 8 heteroatoms. The fourth-order valence-corrected chi connectivity index (χ4v) is 3.79. The molecule has 0 fully saturated rings. The summed E-state index contributed by atoms with van der Waals surface area (Å²) in [6.45, 7) is 2.11. The van der Waals surface area contributed by atoms with Gasteiger partial charge < -0.3 is 4.52 Å². The van der Waals surface area contributed by atoms with E-state index in [4.69, 9.17) is 4.52 Å². The molecule has 0 aliphatic rings. The molecule has 148 valence electrons. The molecule has 0 saturated heterocycles. The molecular weight excluding hydrogens is 391 g/mol. The van der Waals surface area contributed by atoms with E-state index < -0.39 is 0 Å². The number of para-hydroxylation sites is 1. The first-order chi connectivity index (χ1) is 14.2. The van der Waals surface area contributed by atoms with Crippen LogP contribution in [0.3, 0.4) is 0 Å². The number of rotatable bonds is 7. The number of hydrogen-bond donors (Lipinski definition) is 0. The van der Waals surface area contributed by atoms with Crippen molar-refractivity contribution in [2.24, 2.45) is 0 Å². The molecule has 2 heterocycles. The third kappa shape index (κ3) is 4.22. The van der Waals surface area contributed by atoms with Crippen LogP contribution in [0.2, 0.25) is 0 Å². The normalized spacial score (nSPS) is 11.2. The van der Waals surface area contributed by atoms with Crippen LogP contribution in [0.5, 0.6) is 0 Å². The third-order valence-electron chi connectivity index (χ3n) is 4.42. The lowest BCUT2D eigenvalue weighted by molar-refractivity contribution is 0.384. The highest BCUT2D eigenvalue weighted by Crippen LogP contribution is 2.24. The minimum atomic E-state index is -0.366. The maximum absolute atomic E-state index is 13.4. The van der Waals surface area contributed by atoms with Crippen molar-refractivity contribution in [1.82, 2.24) is 19.7 Å². The number of aryl methyl sites for hydroxylation is 1. The zero-order valence-electron chi connectivity index (χ0n) is 15.8. The highest BCUT2D eigenvalue weighted by atomic mass is 32.2. The van der Waals surface area contributed by atoms with Gasteiger partial charge in [0, 0.05) is 6.42 Å². The molecule has 0 aliphatic heterocycles. The minimum absolute atomic E-state index is 0.209. The highest BCUT2D eigenvalue weighted by molar-refractivity contribution is 7.98. The van der Waals surface area contributed by atoms with Gasteiger partial charge in [-0.1, -0.05) is 42.4 Å². The molecule has 0 amide bonds. The molecule has 0 unspecified atom stereocenters. The molecule has 0 aliphatic carbocycles. The molecule has 4 aromatic rings. The van der Waals surface area contributed by atoms with Crippen LogP contribution in [0.25, 0.3) is 16.6 Å². The van der Waals surface area contributed by atoms with Gasteiger partial charge in [0.15, 0.2) is 11.0 Å². The van der Waals surface area contributed by atoms with E-state index in [1.807, 2.05) is 6.07 Å². The Morgan fingerprint density at radius 2 is 1.90 bits per heavy atom. The molecule has 6 nitrogen and oxygen atoms in total. The van der Waals surface area contributed by atoms with Crippen molar-refractivity contribution < 1.29 is 8.91 Å². The quantitative estimate of drug-likeness (QED) is 0.329. The zero-order chi connectivity index (χ0) is 20.2. The van der Waals surface area contributed by atoms with Crippen LogP contribution in [0, 0.1) is 5.82 Å². The number of hydrogen-bond acceptors (Lipinski definition) is 6. The summed E-state index contributed by atoms with van der Waals surface area (Å²) in [5.41, 5.74) is 0.942. The molecular formula is C21H19FN4O2S. The monoisotopic (exact) mass is 410 g/mol. The molecule has 4 rings (SSSR count). The van der Waals surface area contributed by atoms with E-state index in [0.717, 1.165) is 19.3 Å². The van der Waals surface area contributed by atoms with Gasteiger partial charge in [-0.3, -0.25) is 9.36 Å². The fraction of sp³-hybridized carbons (Fsp3) is 0.238. The summed E-state index contributed by atoms with van der Waals surface area (Å²) < 4.78 is 20.2. The van der Waals surface area contributed by atoms with Crippen molar-refractivity contribution >= 4 is 22.7 Å². The number of fused-ring (bicyclic) bond motifs is 1. The summed E-state index contributed by atoms with van der Waals surface area (Å²) in [7, 11) is 0.